The Balaban J connectivity index is 4.66. The first-order valence-electron chi connectivity index (χ1n) is 26.4. The van der Waals surface area contributed by atoms with E-state index >= 15 is 0 Å². The van der Waals surface area contributed by atoms with Crippen LogP contribution in [0.25, 0.3) is 0 Å². The van der Waals surface area contributed by atoms with E-state index in [2.05, 4.69) is 74.7 Å². The van der Waals surface area contributed by atoms with Crippen LogP contribution in [-0.2, 0) is 14.3 Å². The van der Waals surface area contributed by atoms with Gasteiger partial charge in [0.05, 0.1) is 25.2 Å². The van der Waals surface area contributed by atoms with E-state index in [-0.39, 0.29) is 24.9 Å². The van der Waals surface area contributed by atoms with Crippen LogP contribution in [0.3, 0.4) is 0 Å². The summed E-state index contributed by atoms with van der Waals surface area (Å²) in [6.07, 6.45) is 58.8. The van der Waals surface area contributed by atoms with Gasteiger partial charge in [-0.2, -0.15) is 0 Å². The number of aliphatic hydroxyl groups excluding tert-OH is 2. The second-order valence-electron chi connectivity index (χ2n) is 18.0. The third-order valence-electron chi connectivity index (χ3n) is 11.9. The Morgan fingerprint density at radius 1 is 0.475 bits per heavy atom. The minimum absolute atomic E-state index is 0.0522. The van der Waals surface area contributed by atoms with Gasteiger partial charge in [0.1, 0.15) is 6.10 Å². The molecule has 0 heterocycles. The Morgan fingerprint density at radius 2 is 0.852 bits per heavy atom. The number of hydrogen-bond donors (Lipinski definition) is 3. The van der Waals surface area contributed by atoms with Crippen LogP contribution >= 0.6 is 0 Å². The molecule has 0 rings (SSSR count). The molecule has 0 aliphatic rings. The number of ether oxygens (including phenoxy) is 1. The standard InChI is InChI=1S/C55H101NO5/c1-4-7-10-13-16-19-22-24-26-28-30-32-34-37-40-43-46-51(49-54(59)56-52(50-57)53(58)47-44-41-38-35-21-18-15-12-9-6-3)61-55(60)48-45-42-39-36-33-31-29-27-25-23-20-17-14-11-8-5-2/h22,24,26-30,32,51-53,57-58H,4-21,23,25,31,33-50H2,1-3H3,(H,56,59)/b24-22+,28-26+,29-27+,32-30+. The van der Waals surface area contributed by atoms with Gasteiger partial charge in [-0.15, -0.1) is 0 Å². The van der Waals surface area contributed by atoms with Gasteiger partial charge in [-0.25, -0.2) is 0 Å². The van der Waals surface area contributed by atoms with Crippen molar-refractivity contribution in [1.29, 1.82) is 0 Å². The van der Waals surface area contributed by atoms with Crippen molar-refractivity contribution < 1.29 is 24.5 Å². The van der Waals surface area contributed by atoms with Crippen molar-refractivity contribution in [1.82, 2.24) is 5.32 Å². The van der Waals surface area contributed by atoms with E-state index in [1.807, 2.05) is 0 Å². The number of esters is 1. The third-order valence-corrected chi connectivity index (χ3v) is 11.9. The molecule has 0 aromatic rings. The average molecular weight is 856 g/mol. The minimum Gasteiger partial charge on any atom is -0.462 e. The predicted octanol–water partition coefficient (Wildman–Crippen LogP) is 15.8. The molecule has 0 aromatic carbocycles. The lowest BCUT2D eigenvalue weighted by Crippen LogP contribution is -2.46. The summed E-state index contributed by atoms with van der Waals surface area (Å²) < 4.78 is 5.92. The van der Waals surface area contributed by atoms with E-state index in [1.54, 1.807) is 0 Å². The molecule has 61 heavy (non-hydrogen) atoms. The maximum atomic E-state index is 13.2. The maximum absolute atomic E-state index is 13.2. The van der Waals surface area contributed by atoms with Crippen molar-refractivity contribution in [3.8, 4) is 0 Å². The highest BCUT2D eigenvalue weighted by Crippen LogP contribution is 2.17. The molecule has 0 bridgehead atoms. The first kappa shape index (κ1) is 58.8. The summed E-state index contributed by atoms with van der Waals surface area (Å²) in [5.41, 5.74) is 0. The molecule has 3 N–H and O–H groups in total. The Morgan fingerprint density at radius 3 is 1.31 bits per heavy atom. The number of unbranched alkanes of at least 4 members (excludes halogenated alkanes) is 29. The fourth-order valence-electron chi connectivity index (χ4n) is 7.90. The second kappa shape index (κ2) is 48.8. The van der Waals surface area contributed by atoms with Gasteiger partial charge < -0.3 is 20.3 Å². The largest absolute Gasteiger partial charge is 0.462 e. The average Bonchev–Trinajstić information content (AvgIpc) is 3.25. The summed E-state index contributed by atoms with van der Waals surface area (Å²) in [7, 11) is 0. The van der Waals surface area contributed by atoms with Gasteiger partial charge in [-0.1, -0.05) is 223 Å². The molecule has 0 spiro atoms. The number of carbonyl (C=O) groups excluding carboxylic acids is 2. The van der Waals surface area contributed by atoms with Crippen LogP contribution in [0.1, 0.15) is 265 Å². The van der Waals surface area contributed by atoms with E-state index in [4.69, 9.17) is 4.74 Å². The summed E-state index contributed by atoms with van der Waals surface area (Å²) in [6, 6.07) is -0.713. The fraction of sp³-hybridized carbons (Fsp3) is 0.818. The number of nitrogens with one attached hydrogen (secondary N) is 1. The smallest absolute Gasteiger partial charge is 0.306 e. The van der Waals surface area contributed by atoms with Crippen molar-refractivity contribution >= 4 is 11.9 Å². The van der Waals surface area contributed by atoms with Crippen LogP contribution in [0, 0.1) is 0 Å². The quantitative estimate of drug-likeness (QED) is 0.0245. The fourth-order valence-corrected chi connectivity index (χ4v) is 7.90. The van der Waals surface area contributed by atoms with Gasteiger partial charge in [0, 0.05) is 6.42 Å². The van der Waals surface area contributed by atoms with Gasteiger partial charge in [0.25, 0.3) is 0 Å². The number of carbonyl (C=O) groups is 2. The van der Waals surface area contributed by atoms with Crippen LogP contribution in [0.15, 0.2) is 48.6 Å². The topological polar surface area (TPSA) is 95.9 Å². The van der Waals surface area contributed by atoms with Crippen LogP contribution in [0.2, 0.25) is 0 Å². The molecular weight excluding hydrogens is 755 g/mol. The molecule has 0 saturated heterocycles. The Kier molecular flexibility index (Phi) is 47.1. The number of allylic oxidation sites excluding steroid dienone is 8. The lowest BCUT2D eigenvalue weighted by molar-refractivity contribution is -0.151. The van der Waals surface area contributed by atoms with Crippen LogP contribution in [-0.4, -0.2) is 46.9 Å². The molecule has 6 heteroatoms. The lowest BCUT2D eigenvalue weighted by atomic mass is 10.0. The van der Waals surface area contributed by atoms with Crippen LogP contribution < -0.4 is 5.32 Å². The van der Waals surface area contributed by atoms with Gasteiger partial charge in [0.2, 0.25) is 5.91 Å². The number of amides is 1. The highest BCUT2D eigenvalue weighted by atomic mass is 16.5. The maximum Gasteiger partial charge on any atom is 0.306 e. The summed E-state index contributed by atoms with van der Waals surface area (Å²) in [5.74, 6) is -0.512. The highest BCUT2D eigenvalue weighted by Gasteiger charge is 2.24. The van der Waals surface area contributed by atoms with Crippen molar-refractivity contribution in [3.63, 3.8) is 0 Å². The Hall–Kier alpha value is -2.18. The normalized spacial score (nSPS) is 13.6. The molecule has 6 nitrogen and oxygen atoms in total. The third kappa shape index (κ3) is 44.2. The molecule has 356 valence electrons. The second-order valence-corrected chi connectivity index (χ2v) is 18.0. The molecule has 0 fully saturated rings. The monoisotopic (exact) mass is 856 g/mol. The van der Waals surface area contributed by atoms with Gasteiger partial charge in [-0.05, 0) is 77.0 Å². The SMILES string of the molecule is CCCCCCC/C=C/C=C/C=C/CCCCCC(CC(=O)NC(CO)C(O)CCCCCCCCCCCC)OC(=O)CCCCCCC/C=C/CCCCCCCCC. The predicted molar refractivity (Wildman–Crippen MR) is 264 cm³/mol. The highest BCUT2D eigenvalue weighted by molar-refractivity contribution is 5.77. The number of hydrogen-bond acceptors (Lipinski definition) is 5. The minimum atomic E-state index is -0.797. The van der Waals surface area contributed by atoms with Crippen molar-refractivity contribution in [2.45, 2.75) is 283 Å². The molecule has 3 unspecified atom stereocenters. The molecule has 0 aliphatic heterocycles. The lowest BCUT2D eigenvalue weighted by Gasteiger charge is -2.24. The van der Waals surface area contributed by atoms with E-state index in [0.29, 0.717) is 19.3 Å². The zero-order valence-corrected chi connectivity index (χ0v) is 40.5. The zero-order chi connectivity index (χ0) is 44.5. The summed E-state index contributed by atoms with van der Waals surface area (Å²) >= 11 is 0. The molecule has 0 aromatic heterocycles. The van der Waals surface area contributed by atoms with Gasteiger partial charge in [0.15, 0.2) is 0 Å². The molecule has 0 saturated carbocycles. The van der Waals surface area contributed by atoms with Crippen molar-refractivity contribution in [3.05, 3.63) is 48.6 Å². The molecule has 0 radical (unpaired) electrons. The van der Waals surface area contributed by atoms with E-state index in [1.165, 1.54) is 141 Å². The van der Waals surface area contributed by atoms with Crippen LogP contribution in [0.5, 0.6) is 0 Å². The molecular formula is C55H101NO5. The van der Waals surface area contributed by atoms with E-state index in [9.17, 15) is 19.8 Å². The molecule has 1 amide bonds. The number of rotatable bonds is 47. The van der Waals surface area contributed by atoms with Crippen molar-refractivity contribution in [2.24, 2.45) is 0 Å². The summed E-state index contributed by atoms with van der Waals surface area (Å²) in [4.78, 5) is 26.1. The first-order valence-corrected chi connectivity index (χ1v) is 26.4. The van der Waals surface area contributed by atoms with E-state index in [0.717, 1.165) is 77.0 Å². The summed E-state index contributed by atoms with van der Waals surface area (Å²) in [6.45, 7) is 6.45. The Labute approximate surface area is 378 Å². The summed E-state index contributed by atoms with van der Waals surface area (Å²) in [5, 5.41) is 23.7. The van der Waals surface area contributed by atoms with Gasteiger partial charge >= 0.3 is 5.97 Å². The Bertz CT molecular complexity index is 1050. The molecule has 0 aliphatic carbocycles. The number of aliphatic hydroxyl groups is 2. The van der Waals surface area contributed by atoms with E-state index < -0.39 is 18.2 Å². The zero-order valence-electron chi connectivity index (χ0n) is 40.5. The first-order chi connectivity index (χ1) is 30.0. The van der Waals surface area contributed by atoms with Crippen LogP contribution in [0.4, 0.5) is 0 Å². The van der Waals surface area contributed by atoms with Crippen molar-refractivity contribution in [2.75, 3.05) is 6.61 Å². The van der Waals surface area contributed by atoms with Gasteiger partial charge in [-0.3, -0.25) is 9.59 Å². The molecule has 3 atom stereocenters.